The first-order valence-electron chi connectivity index (χ1n) is 11.1. The van der Waals surface area contributed by atoms with E-state index in [1.807, 2.05) is 18.5 Å². The highest BCUT2D eigenvalue weighted by Gasteiger charge is 2.28. The third-order valence-corrected chi connectivity index (χ3v) is 6.61. The molecule has 0 radical (unpaired) electrons. The lowest BCUT2D eigenvalue weighted by Gasteiger charge is -2.29. The zero-order valence-electron chi connectivity index (χ0n) is 18.1. The fraction of sp³-hybridized carbons (Fsp3) is 0.609. The summed E-state index contributed by atoms with van der Waals surface area (Å²) in [5, 5.41) is 12.3. The number of aryl methyl sites for hydroxylation is 2. The SMILES string of the molecule is Cc1ccccc1C1CCN(C(=NCc2nnc(C)n2C)NC2CCCCC2)C1. The molecule has 1 aromatic heterocycles. The van der Waals surface area contributed by atoms with Gasteiger partial charge in [0, 0.05) is 32.1 Å². The fourth-order valence-electron chi connectivity index (χ4n) is 4.65. The van der Waals surface area contributed by atoms with Crippen LogP contribution in [-0.2, 0) is 13.6 Å². The normalized spacial score (nSPS) is 21.0. The Kier molecular flexibility index (Phi) is 6.16. The van der Waals surface area contributed by atoms with Crippen molar-refractivity contribution in [3.05, 3.63) is 47.0 Å². The number of likely N-dealkylation sites (tertiary alicyclic amines) is 1. The topological polar surface area (TPSA) is 58.3 Å². The third kappa shape index (κ3) is 4.62. The summed E-state index contributed by atoms with van der Waals surface area (Å²) in [4.78, 5) is 7.46. The average molecular weight is 395 g/mol. The summed E-state index contributed by atoms with van der Waals surface area (Å²) < 4.78 is 2.03. The van der Waals surface area contributed by atoms with E-state index in [4.69, 9.17) is 4.99 Å². The highest BCUT2D eigenvalue weighted by Crippen LogP contribution is 2.29. The van der Waals surface area contributed by atoms with Crippen LogP contribution in [0.2, 0.25) is 0 Å². The molecule has 2 aliphatic rings. The maximum atomic E-state index is 5.00. The minimum Gasteiger partial charge on any atom is -0.353 e. The van der Waals surface area contributed by atoms with Gasteiger partial charge in [-0.3, -0.25) is 0 Å². The predicted octanol–water partition coefficient (Wildman–Crippen LogP) is 3.70. The van der Waals surface area contributed by atoms with E-state index in [-0.39, 0.29) is 0 Å². The second-order valence-electron chi connectivity index (χ2n) is 8.63. The molecule has 1 unspecified atom stereocenters. The molecule has 6 nitrogen and oxygen atoms in total. The van der Waals surface area contributed by atoms with Crippen LogP contribution in [0.5, 0.6) is 0 Å². The molecule has 0 amide bonds. The first-order chi connectivity index (χ1) is 14.1. The summed E-state index contributed by atoms with van der Waals surface area (Å²) in [6.45, 7) is 6.85. The van der Waals surface area contributed by atoms with Crippen molar-refractivity contribution in [2.75, 3.05) is 13.1 Å². The molecular formula is C23H34N6. The molecule has 0 spiro atoms. The summed E-state index contributed by atoms with van der Waals surface area (Å²) in [6, 6.07) is 9.35. The van der Waals surface area contributed by atoms with E-state index in [0.717, 1.165) is 30.7 Å². The highest BCUT2D eigenvalue weighted by molar-refractivity contribution is 5.80. The number of rotatable bonds is 4. The van der Waals surface area contributed by atoms with Crippen molar-refractivity contribution in [3.63, 3.8) is 0 Å². The predicted molar refractivity (Wildman–Crippen MR) is 117 cm³/mol. The van der Waals surface area contributed by atoms with Gasteiger partial charge >= 0.3 is 0 Å². The highest BCUT2D eigenvalue weighted by atomic mass is 15.3. The molecule has 1 saturated heterocycles. The number of guanidine groups is 1. The number of nitrogens with zero attached hydrogens (tertiary/aromatic N) is 5. The van der Waals surface area contributed by atoms with Crippen LogP contribution in [0.4, 0.5) is 0 Å². The van der Waals surface area contributed by atoms with Gasteiger partial charge in [0.05, 0.1) is 0 Å². The minimum absolute atomic E-state index is 0.543. The molecule has 29 heavy (non-hydrogen) atoms. The average Bonchev–Trinajstić information content (AvgIpc) is 3.34. The molecule has 2 heterocycles. The maximum absolute atomic E-state index is 5.00. The molecule has 1 saturated carbocycles. The van der Waals surface area contributed by atoms with Crippen LogP contribution < -0.4 is 5.32 Å². The Hall–Kier alpha value is -2.37. The molecule has 1 aliphatic carbocycles. The Morgan fingerprint density at radius 1 is 1.10 bits per heavy atom. The minimum atomic E-state index is 0.543. The zero-order valence-corrected chi connectivity index (χ0v) is 18.1. The Balaban J connectivity index is 1.50. The van der Waals surface area contributed by atoms with E-state index in [9.17, 15) is 0 Å². The van der Waals surface area contributed by atoms with Crippen molar-refractivity contribution < 1.29 is 0 Å². The van der Waals surface area contributed by atoms with Gasteiger partial charge in [-0.2, -0.15) is 0 Å². The second-order valence-corrected chi connectivity index (χ2v) is 8.63. The molecule has 2 fully saturated rings. The lowest BCUT2D eigenvalue weighted by atomic mass is 9.94. The monoisotopic (exact) mass is 394 g/mol. The van der Waals surface area contributed by atoms with Gasteiger partial charge in [0.2, 0.25) is 0 Å². The first kappa shape index (κ1) is 19.9. The molecular weight excluding hydrogens is 360 g/mol. The van der Waals surface area contributed by atoms with Gasteiger partial charge in [0.25, 0.3) is 0 Å². The third-order valence-electron chi connectivity index (χ3n) is 6.61. The van der Waals surface area contributed by atoms with Crippen LogP contribution >= 0.6 is 0 Å². The van der Waals surface area contributed by atoms with Crippen LogP contribution in [0.25, 0.3) is 0 Å². The molecule has 1 atom stereocenters. The fourth-order valence-corrected chi connectivity index (χ4v) is 4.65. The Labute approximate surface area is 174 Å². The van der Waals surface area contributed by atoms with Crippen molar-refractivity contribution in [2.24, 2.45) is 12.0 Å². The molecule has 1 aromatic carbocycles. The summed E-state index contributed by atoms with van der Waals surface area (Å²) in [5.41, 5.74) is 2.88. The summed E-state index contributed by atoms with van der Waals surface area (Å²) in [7, 11) is 2.01. The Bertz CT molecular complexity index is 849. The molecule has 0 bridgehead atoms. The largest absolute Gasteiger partial charge is 0.353 e. The molecule has 4 rings (SSSR count). The van der Waals surface area contributed by atoms with Crippen molar-refractivity contribution in [2.45, 2.75) is 70.9 Å². The lowest BCUT2D eigenvalue weighted by Crippen LogP contribution is -2.45. The van der Waals surface area contributed by atoms with Crippen molar-refractivity contribution >= 4 is 5.96 Å². The number of aromatic nitrogens is 3. The molecule has 1 N–H and O–H groups in total. The molecule has 156 valence electrons. The van der Waals surface area contributed by atoms with Crippen LogP contribution in [-0.4, -0.2) is 44.8 Å². The number of nitrogens with one attached hydrogen (secondary N) is 1. The summed E-state index contributed by atoms with van der Waals surface area (Å²) >= 11 is 0. The van der Waals surface area contributed by atoms with E-state index in [2.05, 4.69) is 51.6 Å². The van der Waals surface area contributed by atoms with Gasteiger partial charge in [-0.05, 0) is 44.2 Å². The van der Waals surface area contributed by atoms with E-state index in [1.165, 1.54) is 49.7 Å². The number of hydrogen-bond donors (Lipinski definition) is 1. The standard InChI is InChI=1S/C23H34N6/c1-17-9-7-8-12-21(17)19-13-14-29(16-19)23(25-20-10-5-4-6-11-20)24-15-22-27-26-18(2)28(22)3/h7-9,12,19-20H,4-6,10-11,13-16H2,1-3H3,(H,24,25). The van der Waals surface area contributed by atoms with E-state index in [1.54, 1.807) is 0 Å². The van der Waals surface area contributed by atoms with Crippen molar-refractivity contribution in [1.29, 1.82) is 0 Å². The molecule has 2 aromatic rings. The van der Waals surface area contributed by atoms with Crippen molar-refractivity contribution in [1.82, 2.24) is 25.0 Å². The first-order valence-corrected chi connectivity index (χ1v) is 11.1. The molecule has 1 aliphatic heterocycles. The van der Waals surface area contributed by atoms with Gasteiger partial charge in [0.1, 0.15) is 12.4 Å². The van der Waals surface area contributed by atoms with Gasteiger partial charge in [-0.1, -0.05) is 43.5 Å². The van der Waals surface area contributed by atoms with Gasteiger partial charge < -0.3 is 14.8 Å². The lowest BCUT2D eigenvalue weighted by molar-refractivity contribution is 0.388. The smallest absolute Gasteiger partial charge is 0.194 e. The van der Waals surface area contributed by atoms with Crippen LogP contribution in [0.1, 0.15) is 67.2 Å². The summed E-state index contributed by atoms with van der Waals surface area (Å²) in [6.07, 6.45) is 7.67. The molecule has 6 heteroatoms. The van der Waals surface area contributed by atoms with Gasteiger partial charge in [0.15, 0.2) is 11.8 Å². The Morgan fingerprint density at radius 3 is 2.62 bits per heavy atom. The zero-order chi connectivity index (χ0) is 20.2. The second kappa shape index (κ2) is 8.97. The van der Waals surface area contributed by atoms with Gasteiger partial charge in [-0.15, -0.1) is 10.2 Å². The van der Waals surface area contributed by atoms with E-state index in [0.29, 0.717) is 18.5 Å². The van der Waals surface area contributed by atoms with E-state index < -0.39 is 0 Å². The van der Waals surface area contributed by atoms with Gasteiger partial charge in [-0.25, -0.2) is 4.99 Å². The van der Waals surface area contributed by atoms with Crippen LogP contribution in [0.3, 0.4) is 0 Å². The van der Waals surface area contributed by atoms with E-state index >= 15 is 0 Å². The van der Waals surface area contributed by atoms with Crippen molar-refractivity contribution in [3.8, 4) is 0 Å². The number of hydrogen-bond acceptors (Lipinski definition) is 3. The quantitative estimate of drug-likeness (QED) is 0.635. The Morgan fingerprint density at radius 2 is 1.90 bits per heavy atom. The number of benzene rings is 1. The van der Waals surface area contributed by atoms with Crippen LogP contribution in [0, 0.1) is 13.8 Å². The summed E-state index contributed by atoms with van der Waals surface area (Å²) in [5.74, 6) is 3.47. The maximum Gasteiger partial charge on any atom is 0.194 e. The van der Waals surface area contributed by atoms with Crippen LogP contribution in [0.15, 0.2) is 29.3 Å². The number of aliphatic imine (C=N–C) groups is 1.